The summed E-state index contributed by atoms with van der Waals surface area (Å²) in [5, 5.41) is 9.17. The minimum atomic E-state index is -0.875. The Morgan fingerprint density at radius 3 is 1.86 bits per heavy atom. The normalized spacial score (nSPS) is 11.7. The lowest BCUT2D eigenvalue weighted by atomic mass is 9.88. The lowest BCUT2D eigenvalue weighted by Gasteiger charge is -2.16. The summed E-state index contributed by atoms with van der Waals surface area (Å²) < 4.78 is 0. The Labute approximate surface area is 125 Å². The fourth-order valence-corrected chi connectivity index (χ4v) is 2.43. The lowest BCUT2D eigenvalue weighted by Crippen LogP contribution is -2.03. The van der Waals surface area contributed by atoms with Gasteiger partial charge in [-0.05, 0) is 31.9 Å². The van der Waals surface area contributed by atoms with Crippen molar-refractivity contribution in [3.05, 3.63) is 82.4 Å². The molecule has 0 spiro atoms. The van der Waals surface area contributed by atoms with Crippen LogP contribution in [0.5, 0.6) is 0 Å². The molecule has 2 aromatic rings. The van der Waals surface area contributed by atoms with Crippen LogP contribution in [-0.2, 0) is 4.79 Å². The highest BCUT2D eigenvalue weighted by Crippen LogP contribution is 2.28. The van der Waals surface area contributed by atoms with Gasteiger partial charge in [0.1, 0.15) is 0 Å². The predicted molar refractivity (Wildman–Crippen MR) is 85.6 cm³/mol. The summed E-state index contributed by atoms with van der Waals surface area (Å²) in [6, 6.07) is 16.4. The molecule has 0 atom stereocenters. The number of rotatable bonds is 4. The molecule has 0 aliphatic rings. The van der Waals surface area contributed by atoms with E-state index in [0.29, 0.717) is 5.57 Å². The van der Waals surface area contributed by atoms with Crippen LogP contribution in [0.25, 0.3) is 0 Å². The summed E-state index contributed by atoms with van der Waals surface area (Å²) in [6.45, 7) is 5.73. The van der Waals surface area contributed by atoms with Crippen LogP contribution >= 0.6 is 0 Å². The van der Waals surface area contributed by atoms with Crippen LogP contribution in [0.3, 0.4) is 0 Å². The van der Waals surface area contributed by atoms with E-state index in [4.69, 9.17) is 5.11 Å². The summed E-state index contributed by atoms with van der Waals surface area (Å²) in [4.78, 5) is 11.2. The van der Waals surface area contributed by atoms with E-state index in [0.717, 1.165) is 11.1 Å². The number of hydrogen-bond donors (Lipinski definition) is 1. The third-order valence-electron chi connectivity index (χ3n) is 3.56. The Morgan fingerprint density at radius 2 is 1.48 bits per heavy atom. The molecule has 21 heavy (non-hydrogen) atoms. The van der Waals surface area contributed by atoms with Crippen molar-refractivity contribution in [2.24, 2.45) is 0 Å². The molecule has 1 N–H and O–H groups in total. The van der Waals surface area contributed by atoms with Gasteiger partial charge in [0.15, 0.2) is 0 Å². The molecule has 0 bridgehead atoms. The largest absolute Gasteiger partial charge is 0.478 e. The fourth-order valence-electron chi connectivity index (χ4n) is 2.43. The molecule has 0 heterocycles. The molecule has 0 aromatic heterocycles. The van der Waals surface area contributed by atoms with Crippen molar-refractivity contribution in [3.8, 4) is 0 Å². The van der Waals surface area contributed by atoms with Gasteiger partial charge in [-0.3, -0.25) is 0 Å². The molecular formula is C19H20O2. The molecule has 2 nitrogen and oxygen atoms in total. The lowest BCUT2D eigenvalue weighted by molar-refractivity contribution is -0.132. The second-order valence-electron chi connectivity index (χ2n) is 5.46. The SMILES string of the molecule is C/C(=C\C(c1cccc(C)c1)c1cccc(C)c1)C(=O)O. The van der Waals surface area contributed by atoms with Crippen molar-refractivity contribution in [1.29, 1.82) is 0 Å². The molecule has 2 heteroatoms. The number of hydrogen-bond acceptors (Lipinski definition) is 1. The van der Waals surface area contributed by atoms with Crippen LogP contribution < -0.4 is 0 Å². The fraction of sp³-hybridized carbons (Fsp3) is 0.211. The van der Waals surface area contributed by atoms with Gasteiger partial charge in [-0.25, -0.2) is 4.79 Å². The van der Waals surface area contributed by atoms with E-state index in [9.17, 15) is 4.79 Å². The number of allylic oxidation sites excluding steroid dienone is 1. The van der Waals surface area contributed by atoms with Gasteiger partial charge in [0, 0.05) is 11.5 Å². The third kappa shape index (κ3) is 3.82. The minimum Gasteiger partial charge on any atom is -0.478 e. The molecule has 0 aliphatic carbocycles. The standard InChI is InChI=1S/C19H20O2/c1-13-6-4-8-16(10-13)18(12-15(3)19(20)21)17-9-5-7-14(2)11-17/h4-12,18H,1-3H3,(H,20,21)/b15-12+. The smallest absolute Gasteiger partial charge is 0.330 e. The van der Waals surface area contributed by atoms with E-state index >= 15 is 0 Å². The molecule has 0 amide bonds. The molecular weight excluding hydrogens is 260 g/mol. The average Bonchev–Trinajstić information content (AvgIpc) is 2.44. The monoisotopic (exact) mass is 280 g/mol. The maximum absolute atomic E-state index is 11.2. The number of carboxylic acids is 1. The molecule has 0 fully saturated rings. The Kier molecular flexibility index (Phi) is 4.59. The molecule has 2 aromatic carbocycles. The predicted octanol–water partition coefficient (Wildman–Crippen LogP) is 4.47. The Bertz CT molecular complexity index is 638. The number of carboxylic acid groups (broad SMARTS) is 1. The maximum atomic E-state index is 11.2. The van der Waals surface area contributed by atoms with E-state index in [2.05, 4.69) is 12.1 Å². The third-order valence-corrected chi connectivity index (χ3v) is 3.56. The first-order chi connectivity index (χ1) is 9.97. The Morgan fingerprint density at radius 1 is 1.00 bits per heavy atom. The van der Waals surface area contributed by atoms with Gasteiger partial charge >= 0.3 is 5.97 Å². The highest BCUT2D eigenvalue weighted by Gasteiger charge is 2.14. The van der Waals surface area contributed by atoms with Crippen molar-refractivity contribution in [2.75, 3.05) is 0 Å². The average molecular weight is 280 g/mol. The second kappa shape index (κ2) is 6.40. The summed E-state index contributed by atoms with van der Waals surface area (Å²) >= 11 is 0. The van der Waals surface area contributed by atoms with Gasteiger partial charge in [-0.15, -0.1) is 0 Å². The highest BCUT2D eigenvalue weighted by molar-refractivity contribution is 5.86. The van der Waals surface area contributed by atoms with Gasteiger partial charge in [0.2, 0.25) is 0 Å². The zero-order valence-electron chi connectivity index (χ0n) is 12.6. The quantitative estimate of drug-likeness (QED) is 0.839. The second-order valence-corrected chi connectivity index (χ2v) is 5.46. The Hall–Kier alpha value is -2.35. The van der Waals surface area contributed by atoms with Crippen LogP contribution in [0.4, 0.5) is 0 Å². The van der Waals surface area contributed by atoms with Crippen molar-refractivity contribution in [1.82, 2.24) is 0 Å². The van der Waals surface area contributed by atoms with Gasteiger partial charge < -0.3 is 5.11 Å². The van der Waals surface area contributed by atoms with Crippen molar-refractivity contribution < 1.29 is 9.90 Å². The van der Waals surface area contributed by atoms with Crippen LogP contribution in [0.15, 0.2) is 60.2 Å². The van der Waals surface area contributed by atoms with E-state index < -0.39 is 5.97 Å². The van der Waals surface area contributed by atoms with Crippen molar-refractivity contribution in [2.45, 2.75) is 26.7 Å². The molecule has 108 valence electrons. The van der Waals surface area contributed by atoms with Crippen LogP contribution in [0.1, 0.15) is 35.1 Å². The van der Waals surface area contributed by atoms with Crippen LogP contribution in [0.2, 0.25) is 0 Å². The first-order valence-electron chi connectivity index (χ1n) is 7.02. The van der Waals surface area contributed by atoms with Crippen LogP contribution in [-0.4, -0.2) is 11.1 Å². The van der Waals surface area contributed by atoms with Gasteiger partial charge in [-0.2, -0.15) is 0 Å². The van der Waals surface area contributed by atoms with Crippen LogP contribution in [0, 0.1) is 13.8 Å². The number of aryl methyl sites for hydroxylation is 2. The summed E-state index contributed by atoms with van der Waals surface area (Å²) in [7, 11) is 0. The molecule has 0 unspecified atom stereocenters. The first kappa shape index (κ1) is 15.0. The zero-order valence-corrected chi connectivity index (χ0v) is 12.6. The van der Waals surface area contributed by atoms with Crippen molar-refractivity contribution in [3.63, 3.8) is 0 Å². The molecule has 0 saturated carbocycles. The zero-order chi connectivity index (χ0) is 15.4. The topological polar surface area (TPSA) is 37.3 Å². The number of aliphatic carboxylic acids is 1. The first-order valence-corrected chi connectivity index (χ1v) is 7.02. The number of benzene rings is 2. The molecule has 2 rings (SSSR count). The summed E-state index contributed by atoms with van der Waals surface area (Å²) in [5.74, 6) is -0.916. The van der Waals surface area contributed by atoms with E-state index in [1.165, 1.54) is 11.1 Å². The van der Waals surface area contributed by atoms with E-state index in [1.807, 2.05) is 56.3 Å². The molecule has 0 radical (unpaired) electrons. The van der Waals surface area contributed by atoms with Gasteiger partial charge in [0.05, 0.1) is 0 Å². The highest BCUT2D eigenvalue weighted by atomic mass is 16.4. The number of carbonyl (C=O) groups is 1. The minimum absolute atomic E-state index is 0.0408. The van der Waals surface area contributed by atoms with Crippen molar-refractivity contribution >= 4 is 5.97 Å². The molecule has 0 aliphatic heterocycles. The maximum Gasteiger partial charge on any atom is 0.330 e. The van der Waals surface area contributed by atoms with Gasteiger partial charge in [-0.1, -0.05) is 65.7 Å². The van der Waals surface area contributed by atoms with Gasteiger partial charge in [0.25, 0.3) is 0 Å². The van der Waals surface area contributed by atoms with E-state index in [-0.39, 0.29) is 5.92 Å². The summed E-state index contributed by atoms with van der Waals surface area (Å²) in [5.41, 5.74) is 4.93. The van der Waals surface area contributed by atoms with E-state index in [1.54, 1.807) is 6.92 Å². The molecule has 0 saturated heterocycles. The summed E-state index contributed by atoms with van der Waals surface area (Å²) in [6.07, 6.45) is 1.83. The Balaban J connectivity index is 2.54.